The van der Waals surface area contributed by atoms with Crippen LogP contribution in [0.25, 0.3) is 10.9 Å². The SMILES string of the molecule is CC1(C(=O)N2CCOCC(Cc3cccc4ncccc34)C2)CCN(CCc2ccccc2)CC1. The Morgan fingerprint density at radius 1 is 1.03 bits per heavy atom. The second kappa shape index (κ2) is 10.9. The summed E-state index contributed by atoms with van der Waals surface area (Å²) in [6.07, 6.45) is 5.67. The van der Waals surface area contributed by atoms with Gasteiger partial charge in [-0.2, -0.15) is 0 Å². The van der Waals surface area contributed by atoms with Gasteiger partial charge in [-0.1, -0.05) is 55.5 Å². The second-order valence-corrected chi connectivity index (χ2v) is 10.5. The van der Waals surface area contributed by atoms with Crippen molar-refractivity contribution in [2.75, 3.05) is 45.9 Å². The molecule has 3 heterocycles. The Balaban J connectivity index is 1.19. The molecule has 35 heavy (non-hydrogen) atoms. The Morgan fingerprint density at radius 2 is 1.86 bits per heavy atom. The third-order valence-corrected chi connectivity index (χ3v) is 7.90. The van der Waals surface area contributed by atoms with Gasteiger partial charge < -0.3 is 14.5 Å². The topological polar surface area (TPSA) is 45.7 Å². The fourth-order valence-corrected chi connectivity index (χ4v) is 5.64. The van der Waals surface area contributed by atoms with Crippen LogP contribution in [-0.2, 0) is 22.4 Å². The molecule has 0 saturated carbocycles. The van der Waals surface area contributed by atoms with Gasteiger partial charge in [0.1, 0.15) is 0 Å². The number of nitrogens with zero attached hydrogens (tertiary/aromatic N) is 3. The van der Waals surface area contributed by atoms with Gasteiger partial charge in [-0.25, -0.2) is 0 Å². The quantitative estimate of drug-likeness (QED) is 0.527. The molecule has 5 rings (SSSR count). The molecule has 0 bridgehead atoms. The number of rotatable bonds is 6. The molecular formula is C30H37N3O2. The molecule has 5 nitrogen and oxygen atoms in total. The molecule has 2 saturated heterocycles. The molecule has 0 spiro atoms. The summed E-state index contributed by atoms with van der Waals surface area (Å²) in [6.45, 7) is 8.01. The van der Waals surface area contributed by atoms with Gasteiger partial charge in [-0.3, -0.25) is 9.78 Å². The number of likely N-dealkylation sites (tertiary alicyclic amines) is 1. The third-order valence-electron chi connectivity index (χ3n) is 7.90. The molecule has 2 aliphatic heterocycles. The lowest BCUT2D eigenvalue weighted by Gasteiger charge is -2.41. The van der Waals surface area contributed by atoms with Crippen LogP contribution in [0.2, 0.25) is 0 Å². The van der Waals surface area contributed by atoms with E-state index in [0.717, 1.165) is 57.4 Å². The Morgan fingerprint density at radius 3 is 2.69 bits per heavy atom. The fraction of sp³-hybridized carbons (Fsp3) is 0.467. The number of hydrogen-bond donors (Lipinski definition) is 0. The molecule has 3 aromatic rings. The maximum absolute atomic E-state index is 13.8. The van der Waals surface area contributed by atoms with Gasteiger partial charge in [0.2, 0.25) is 5.91 Å². The van der Waals surface area contributed by atoms with E-state index in [-0.39, 0.29) is 5.41 Å². The number of benzene rings is 2. The Bertz CT molecular complexity index is 1120. The van der Waals surface area contributed by atoms with Crippen LogP contribution in [-0.4, -0.2) is 66.6 Å². The Hall–Kier alpha value is -2.76. The average molecular weight is 472 g/mol. The lowest BCUT2D eigenvalue weighted by atomic mass is 9.78. The van der Waals surface area contributed by atoms with Crippen LogP contribution >= 0.6 is 0 Å². The number of piperidine rings is 1. The standard InChI is InChI=1S/C30H37N3O2/c1-30(13-17-32(18-14-30)16-12-24-7-3-2-4-8-24)29(34)33-19-20-35-23-25(22-33)21-26-9-5-11-28-27(26)10-6-15-31-28/h2-11,15,25H,12-14,16-23H2,1H3. The number of aromatic nitrogens is 1. The van der Waals surface area contributed by atoms with E-state index in [4.69, 9.17) is 4.74 Å². The van der Waals surface area contributed by atoms with Crippen molar-refractivity contribution in [3.63, 3.8) is 0 Å². The molecule has 0 radical (unpaired) electrons. The van der Waals surface area contributed by atoms with Gasteiger partial charge >= 0.3 is 0 Å². The largest absolute Gasteiger partial charge is 0.379 e. The van der Waals surface area contributed by atoms with Crippen molar-refractivity contribution in [3.8, 4) is 0 Å². The first-order chi connectivity index (χ1) is 17.1. The van der Waals surface area contributed by atoms with E-state index in [1.54, 1.807) is 0 Å². The van der Waals surface area contributed by atoms with Gasteiger partial charge in [-0.15, -0.1) is 0 Å². The van der Waals surface area contributed by atoms with Crippen molar-refractivity contribution >= 4 is 16.8 Å². The van der Waals surface area contributed by atoms with E-state index in [2.05, 4.69) is 76.3 Å². The van der Waals surface area contributed by atoms with E-state index in [1.165, 1.54) is 16.5 Å². The van der Waals surface area contributed by atoms with Crippen LogP contribution in [0.15, 0.2) is 66.9 Å². The molecule has 1 unspecified atom stereocenters. The first kappa shape index (κ1) is 24.0. The fourth-order valence-electron chi connectivity index (χ4n) is 5.64. The predicted octanol–water partition coefficient (Wildman–Crippen LogP) is 4.60. The van der Waals surface area contributed by atoms with Gasteiger partial charge in [0, 0.05) is 42.6 Å². The number of amides is 1. The molecule has 184 valence electrons. The highest BCUT2D eigenvalue weighted by Crippen LogP contribution is 2.34. The summed E-state index contributed by atoms with van der Waals surface area (Å²) in [5, 5.41) is 1.20. The molecule has 2 aliphatic rings. The summed E-state index contributed by atoms with van der Waals surface area (Å²) in [5.41, 5.74) is 3.42. The van der Waals surface area contributed by atoms with E-state index in [9.17, 15) is 4.79 Å². The highest BCUT2D eigenvalue weighted by atomic mass is 16.5. The first-order valence-corrected chi connectivity index (χ1v) is 13.1. The molecule has 1 amide bonds. The predicted molar refractivity (Wildman–Crippen MR) is 140 cm³/mol. The number of hydrogen-bond acceptors (Lipinski definition) is 4. The van der Waals surface area contributed by atoms with E-state index < -0.39 is 0 Å². The van der Waals surface area contributed by atoms with Crippen molar-refractivity contribution in [3.05, 3.63) is 78.0 Å². The van der Waals surface area contributed by atoms with Crippen molar-refractivity contribution in [2.24, 2.45) is 11.3 Å². The van der Waals surface area contributed by atoms with Gasteiger partial charge in [-0.05, 0) is 62.0 Å². The number of ether oxygens (including phenoxy) is 1. The monoisotopic (exact) mass is 471 g/mol. The summed E-state index contributed by atoms with van der Waals surface area (Å²) >= 11 is 0. The molecule has 2 fully saturated rings. The third kappa shape index (κ3) is 5.74. The minimum atomic E-state index is -0.276. The second-order valence-electron chi connectivity index (χ2n) is 10.5. The minimum absolute atomic E-state index is 0.276. The summed E-state index contributed by atoms with van der Waals surface area (Å²) in [6, 6.07) is 21.2. The number of fused-ring (bicyclic) bond motifs is 1. The molecule has 0 N–H and O–H groups in total. The number of carbonyl (C=O) groups is 1. The van der Waals surface area contributed by atoms with E-state index >= 15 is 0 Å². The summed E-state index contributed by atoms with van der Waals surface area (Å²) < 4.78 is 5.97. The summed E-state index contributed by atoms with van der Waals surface area (Å²) in [7, 11) is 0. The summed E-state index contributed by atoms with van der Waals surface area (Å²) in [4.78, 5) is 22.9. The molecule has 1 aromatic heterocycles. The Kier molecular flexibility index (Phi) is 7.45. The van der Waals surface area contributed by atoms with Crippen LogP contribution in [0.5, 0.6) is 0 Å². The zero-order chi connectivity index (χ0) is 24.1. The van der Waals surface area contributed by atoms with Crippen LogP contribution < -0.4 is 0 Å². The molecule has 0 aliphatic carbocycles. The van der Waals surface area contributed by atoms with Crippen LogP contribution in [0, 0.1) is 11.3 Å². The minimum Gasteiger partial charge on any atom is -0.379 e. The van der Waals surface area contributed by atoms with Crippen LogP contribution in [0.4, 0.5) is 0 Å². The molecular weight excluding hydrogens is 434 g/mol. The summed E-state index contributed by atoms with van der Waals surface area (Å²) in [5.74, 6) is 0.608. The normalized spacial score (nSPS) is 21.1. The van der Waals surface area contributed by atoms with Crippen LogP contribution in [0.1, 0.15) is 30.9 Å². The van der Waals surface area contributed by atoms with Crippen molar-refractivity contribution < 1.29 is 9.53 Å². The average Bonchev–Trinajstić information content (AvgIpc) is 3.14. The highest BCUT2D eigenvalue weighted by Gasteiger charge is 2.40. The van der Waals surface area contributed by atoms with Gasteiger partial charge in [0.15, 0.2) is 0 Å². The lowest BCUT2D eigenvalue weighted by molar-refractivity contribution is -0.144. The van der Waals surface area contributed by atoms with E-state index in [0.29, 0.717) is 31.6 Å². The molecule has 1 atom stereocenters. The maximum atomic E-state index is 13.8. The zero-order valence-electron chi connectivity index (χ0n) is 20.9. The van der Waals surface area contributed by atoms with Crippen LogP contribution in [0.3, 0.4) is 0 Å². The van der Waals surface area contributed by atoms with Crippen molar-refractivity contribution in [2.45, 2.75) is 32.6 Å². The Labute approximate surface area is 209 Å². The van der Waals surface area contributed by atoms with Crippen molar-refractivity contribution in [1.29, 1.82) is 0 Å². The van der Waals surface area contributed by atoms with Crippen molar-refractivity contribution in [1.82, 2.24) is 14.8 Å². The maximum Gasteiger partial charge on any atom is 0.228 e. The molecule has 2 aromatic carbocycles. The first-order valence-electron chi connectivity index (χ1n) is 13.1. The number of carbonyl (C=O) groups excluding carboxylic acids is 1. The lowest BCUT2D eigenvalue weighted by Crippen LogP contribution is -2.50. The molecule has 5 heteroatoms. The zero-order valence-corrected chi connectivity index (χ0v) is 20.9. The van der Waals surface area contributed by atoms with Gasteiger partial charge in [0.25, 0.3) is 0 Å². The van der Waals surface area contributed by atoms with Gasteiger partial charge in [0.05, 0.1) is 18.7 Å². The highest BCUT2D eigenvalue weighted by molar-refractivity contribution is 5.83. The van der Waals surface area contributed by atoms with E-state index in [1.807, 2.05) is 12.3 Å². The number of pyridine rings is 1. The smallest absolute Gasteiger partial charge is 0.228 e.